The minimum absolute atomic E-state index is 0.0819. The molecule has 29 heavy (non-hydrogen) atoms. The van der Waals surface area contributed by atoms with Crippen LogP contribution in [0.3, 0.4) is 0 Å². The number of nitrogens with zero attached hydrogens (tertiary/aromatic N) is 1. The molecule has 2 fully saturated rings. The van der Waals surface area contributed by atoms with Gasteiger partial charge in [0, 0.05) is 24.0 Å². The number of alkyl halides is 1. The zero-order valence-corrected chi connectivity index (χ0v) is 19.5. The Morgan fingerprint density at radius 2 is 1.90 bits per heavy atom. The van der Waals surface area contributed by atoms with Crippen LogP contribution in [0.4, 0.5) is 4.79 Å². The number of nitrogens with one attached hydrogen (secondary N) is 2. The smallest absolute Gasteiger partial charge is 0.315 e. The van der Waals surface area contributed by atoms with Gasteiger partial charge < -0.3 is 25.8 Å². The van der Waals surface area contributed by atoms with Crippen molar-refractivity contribution >= 4 is 52.2 Å². The Hall–Kier alpha value is -0.630. The van der Waals surface area contributed by atoms with Crippen LogP contribution in [0.2, 0.25) is 0 Å². The number of carbonyl (C=O) groups is 3. The first kappa shape index (κ1) is 24.6. The number of imide groups is 1. The molecule has 2 heterocycles. The number of unbranched alkanes of at least 4 members (excludes halogenated alkanes) is 1. The van der Waals surface area contributed by atoms with Gasteiger partial charge in [-0.05, 0) is 12.8 Å². The predicted molar refractivity (Wildman–Crippen MR) is 120 cm³/mol. The highest BCUT2D eigenvalue weighted by atomic mass is 127. The maximum absolute atomic E-state index is 12.5. The van der Waals surface area contributed by atoms with Crippen LogP contribution in [-0.4, -0.2) is 89.8 Å². The van der Waals surface area contributed by atoms with Gasteiger partial charge in [-0.3, -0.25) is 14.5 Å². The van der Waals surface area contributed by atoms with Crippen molar-refractivity contribution in [1.29, 1.82) is 0 Å². The zero-order valence-electron chi connectivity index (χ0n) is 16.6. The first-order valence-electron chi connectivity index (χ1n) is 10.00. The van der Waals surface area contributed by atoms with Gasteiger partial charge in [-0.25, -0.2) is 4.79 Å². The molecule has 4 amide bonds. The van der Waals surface area contributed by atoms with Gasteiger partial charge in [0.2, 0.25) is 11.8 Å². The Morgan fingerprint density at radius 1 is 1.14 bits per heavy atom. The molecular formula is C18H31IN4O5S. The summed E-state index contributed by atoms with van der Waals surface area (Å²) in [4.78, 5) is 37.3. The maximum Gasteiger partial charge on any atom is 0.315 e. The van der Waals surface area contributed by atoms with E-state index in [-0.39, 0.29) is 40.9 Å². The van der Waals surface area contributed by atoms with Gasteiger partial charge in [-0.1, -0.05) is 29.0 Å². The van der Waals surface area contributed by atoms with Gasteiger partial charge in [0.15, 0.2) is 0 Å². The Kier molecular flexibility index (Phi) is 11.6. The van der Waals surface area contributed by atoms with Crippen LogP contribution in [0, 0.1) is 0 Å². The van der Waals surface area contributed by atoms with Crippen molar-refractivity contribution in [3.8, 4) is 0 Å². The van der Waals surface area contributed by atoms with Crippen LogP contribution in [-0.2, 0) is 19.1 Å². The zero-order chi connectivity index (χ0) is 21.1. The molecule has 0 bridgehead atoms. The second-order valence-electron chi connectivity index (χ2n) is 6.95. The summed E-state index contributed by atoms with van der Waals surface area (Å²) in [6.45, 7) is 2.38. The standard InChI is InChI=1S/C18H31IN4O5S/c19-11-16(25)23(6-8-28-10-9-27-7-5-20)15(24)4-2-1-3-14-17-13(12-29-14)21-18(26)22-17/h13-14,17H,1-12,20H2,(H2,21,22,26)/t13-,14-,17-/m0/s1. The number of halogens is 1. The third kappa shape index (κ3) is 8.19. The van der Waals surface area contributed by atoms with Crippen molar-refractivity contribution in [3.05, 3.63) is 0 Å². The van der Waals surface area contributed by atoms with E-state index in [4.69, 9.17) is 15.2 Å². The summed E-state index contributed by atoms with van der Waals surface area (Å²) in [6.07, 6.45) is 2.92. The Bertz CT molecular complexity index is 556. The van der Waals surface area contributed by atoms with Crippen molar-refractivity contribution in [1.82, 2.24) is 15.5 Å². The van der Waals surface area contributed by atoms with E-state index in [0.717, 1.165) is 25.0 Å². The SMILES string of the molecule is NCCOCCOCCN(C(=O)CI)C(=O)CCCC[C@@H]1SC[C@@H]2NC(=O)N[C@@H]21. The van der Waals surface area contributed by atoms with Gasteiger partial charge >= 0.3 is 6.03 Å². The molecule has 4 N–H and O–H groups in total. The third-order valence-corrected chi connectivity index (χ3v) is 7.04. The average molecular weight is 542 g/mol. The number of rotatable bonds is 14. The van der Waals surface area contributed by atoms with Gasteiger partial charge in [0.25, 0.3) is 0 Å². The first-order valence-corrected chi connectivity index (χ1v) is 12.6. The van der Waals surface area contributed by atoms with Crippen LogP contribution < -0.4 is 16.4 Å². The van der Waals surface area contributed by atoms with Crippen LogP contribution in [0.15, 0.2) is 0 Å². The van der Waals surface area contributed by atoms with E-state index >= 15 is 0 Å². The lowest BCUT2D eigenvalue weighted by atomic mass is 10.0. The van der Waals surface area contributed by atoms with E-state index in [2.05, 4.69) is 10.6 Å². The van der Waals surface area contributed by atoms with Gasteiger partial charge in [0.05, 0.1) is 49.5 Å². The molecule has 0 aliphatic carbocycles. The Labute approximate surface area is 189 Å². The van der Waals surface area contributed by atoms with Crippen LogP contribution in [0.5, 0.6) is 0 Å². The van der Waals surface area contributed by atoms with Crippen molar-refractivity contribution in [2.75, 3.05) is 49.7 Å². The molecular weight excluding hydrogens is 511 g/mol. The molecule has 0 aromatic heterocycles. The second-order valence-corrected chi connectivity index (χ2v) is 8.99. The molecule has 0 unspecified atom stereocenters. The van der Waals surface area contributed by atoms with Crippen molar-refractivity contribution < 1.29 is 23.9 Å². The second kappa shape index (κ2) is 13.6. The minimum atomic E-state index is -0.187. The number of ether oxygens (including phenoxy) is 2. The molecule has 2 rings (SSSR count). The number of carbonyl (C=O) groups excluding carboxylic acids is 3. The number of hydrogen-bond acceptors (Lipinski definition) is 7. The molecule has 11 heteroatoms. The van der Waals surface area contributed by atoms with Crippen LogP contribution >= 0.6 is 34.4 Å². The fourth-order valence-corrected chi connectivity index (χ4v) is 5.38. The molecule has 9 nitrogen and oxygen atoms in total. The number of hydrogen-bond donors (Lipinski definition) is 3. The molecule has 0 spiro atoms. The summed E-state index contributed by atoms with van der Waals surface area (Å²) in [5, 5.41) is 6.30. The summed E-state index contributed by atoms with van der Waals surface area (Å²) in [5.41, 5.74) is 5.34. The molecule has 3 atom stereocenters. The largest absolute Gasteiger partial charge is 0.378 e. The fraction of sp³-hybridized carbons (Fsp3) is 0.833. The van der Waals surface area contributed by atoms with E-state index < -0.39 is 0 Å². The van der Waals surface area contributed by atoms with Gasteiger partial charge in [-0.2, -0.15) is 11.8 Å². The fourth-order valence-electron chi connectivity index (χ4n) is 3.42. The summed E-state index contributed by atoms with van der Waals surface area (Å²) < 4.78 is 10.9. The lowest BCUT2D eigenvalue weighted by Crippen LogP contribution is -2.40. The molecule has 2 saturated heterocycles. The number of thioether (sulfide) groups is 1. The van der Waals surface area contributed by atoms with Gasteiger partial charge in [-0.15, -0.1) is 0 Å². The molecule has 0 aromatic rings. The molecule has 166 valence electrons. The van der Waals surface area contributed by atoms with E-state index in [0.29, 0.717) is 44.6 Å². The van der Waals surface area contributed by atoms with Crippen LogP contribution in [0.1, 0.15) is 25.7 Å². The van der Waals surface area contributed by atoms with Gasteiger partial charge in [0.1, 0.15) is 0 Å². The molecule has 0 radical (unpaired) electrons. The maximum atomic E-state index is 12.5. The lowest BCUT2D eigenvalue weighted by molar-refractivity contribution is -0.144. The number of nitrogens with two attached hydrogens (primary N) is 1. The topological polar surface area (TPSA) is 123 Å². The highest BCUT2D eigenvalue weighted by Crippen LogP contribution is 2.33. The predicted octanol–water partition coefficient (Wildman–Crippen LogP) is 0.494. The minimum Gasteiger partial charge on any atom is -0.378 e. The monoisotopic (exact) mass is 542 g/mol. The number of fused-ring (bicyclic) bond motifs is 1. The van der Waals surface area contributed by atoms with E-state index in [1.807, 2.05) is 34.4 Å². The summed E-state index contributed by atoms with van der Waals surface area (Å²) >= 11 is 3.84. The number of urea groups is 1. The molecule has 0 aromatic carbocycles. The lowest BCUT2D eigenvalue weighted by Gasteiger charge is -2.20. The third-order valence-electron chi connectivity index (χ3n) is 4.88. The van der Waals surface area contributed by atoms with Crippen molar-refractivity contribution in [2.45, 2.75) is 43.0 Å². The highest BCUT2D eigenvalue weighted by molar-refractivity contribution is 14.1. The highest BCUT2D eigenvalue weighted by Gasteiger charge is 2.42. The van der Waals surface area contributed by atoms with E-state index in [1.54, 1.807) is 0 Å². The summed E-state index contributed by atoms with van der Waals surface area (Å²) in [6, 6.07) is 0.324. The Morgan fingerprint density at radius 3 is 2.62 bits per heavy atom. The molecule has 2 aliphatic heterocycles. The van der Waals surface area contributed by atoms with E-state index in [9.17, 15) is 14.4 Å². The van der Waals surface area contributed by atoms with Crippen molar-refractivity contribution in [3.63, 3.8) is 0 Å². The summed E-state index contributed by atoms with van der Waals surface area (Å²) in [5.74, 6) is 0.595. The number of amides is 4. The van der Waals surface area contributed by atoms with E-state index in [1.165, 1.54) is 4.90 Å². The Balaban J connectivity index is 1.63. The van der Waals surface area contributed by atoms with Crippen molar-refractivity contribution in [2.24, 2.45) is 5.73 Å². The first-order chi connectivity index (χ1) is 14.1. The quantitative estimate of drug-likeness (QED) is 0.126. The van der Waals surface area contributed by atoms with Crippen LogP contribution in [0.25, 0.3) is 0 Å². The summed E-state index contributed by atoms with van der Waals surface area (Å²) in [7, 11) is 0. The molecule has 2 aliphatic rings. The normalized spacial score (nSPS) is 22.8. The molecule has 0 saturated carbocycles. The average Bonchev–Trinajstić information content (AvgIpc) is 3.26.